The Bertz CT molecular complexity index is 731. The topological polar surface area (TPSA) is 57.2 Å². The number of rotatable bonds is 6. The molecule has 0 bridgehead atoms. The van der Waals surface area contributed by atoms with Crippen LogP contribution in [-0.4, -0.2) is 38.1 Å². The monoisotopic (exact) mass is 285 g/mol. The van der Waals surface area contributed by atoms with Crippen LogP contribution in [0.5, 0.6) is 0 Å². The summed E-state index contributed by atoms with van der Waals surface area (Å²) in [7, 11) is 1.73. The van der Waals surface area contributed by atoms with Crippen LogP contribution in [0.3, 0.4) is 0 Å². The molecule has 6 heteroatoms. The molecule has 0 aromatic carbocycles. The Balaban J connectivity index is 1.80. The van der Waals surface area contributed by atoms with Gasteiger partial charge in [0.2, 0.25) is 0 Å². The van der Waals surface area contributed by atoms with Gasteiger partial charge < -0.3 is 4.74 Å². The molecule has 21 heavy (non-hydrogen) atoms. The zero-order valence-corrected chi connectivity index (χ0v) is 12.4. The molecular weight excluding hydrogens is 266 g/mol. The smallest absolute Gasteiger partial charge is 0.181 e. The summed E-state index contributed by atoms with van der Waals surface area (Å²) in [5, 5.41) is 8.74. The standard InChI is InChI=1S/C15H19N5O/c1-12-6-7-19-15(18-12)14(10-17-19)20-11-13(9-16-20)5-3-4-8-21-2/h6-7,9-11H,3-5,8H2,1-2H3. The molecule has 3 aromatic rings. The molecule has 0 unspecified atom stereocenters. The second-order valence-electron chi connectivity index (χ2n) is 5.11. The normalized spacial score (nSPS) is 11.3. The van der Waals surface area contributed by atoms with Crippen molar-refractivity contribution in [3.8, 4) is 5.69 Å². The number of hydrogen-bond donors (Lipinski definition) is 0. The quantitative estimate of drug-likeness (QED) is 0.651. The first-order valence-corrected chi connectivity index (χ1v) is 7.12. The molecular formula is C15H19N5O. The molecule has 0 radical (unpaired) electrons. The molecule has 0 N–H and O–H groups in total. The van der Waals surface area contributed by atoms with Gasteiger partial charge in [-0.1, -0.05) is 0 Å². The summed E-state index contributed by atoms with van der Waals surface area (Å²) < 4.78 is 8.68. The number of hydrogen-bond acceptors (Lipinski definition) is 4. The van der Waals surface area contributed by atoms with Crippen LogP contribution in [-0.2, 0) is 11.2 Å². The number of aryl methyl sites for hydroxylation is 2. The summed E-state index contributed by atoms with van der Waals surface area (Å²) in [6.45, 7) is 2.78. The summed E-state index contributed by atoms with van der Waals surface area (Å²) >= 11 is 0. The molecule has 0 amide bonds. The SMILES string of the molecule is COCCCCc1cnn(-c2cnn3ccc(C)nc23)c1. The van der Waals surface area contributed by atoms with Crippen LogP contribution in [0.4, 0.5) is 0 Å². The van der Waals surface area contributed by atoms with Gasteiger partial charge in [-0.05, 0) is 37.8 Å². The first-order valence-electron chi connectivity index (χ1n) is 7.12. The molecule has 0 atom stereocenters. The van der Waals surface area contributed by atoms with Gasteiger partial charge in [-0.15, -0.1) is 0 Å². The van der Waals surface area contributed by atoms with E-state index in [4.69, 9.17) is 4.74 Å². The summed E-state index contributed by atoms with van der Waals surface area (Å²) in [6, 6.07) is 1.94. The van der Waals surface area contributed by atoms with Gasteiger partial charge in [0.1, 0.15) is 5.69 Å². The lowest BCUT2D eigenvalue weighted by Gasteiger charge is -1.99. The van der Waals surface area contributed by atoms with E-state index in [2.05, 4.69) is 15.2 Å². The average molecular weight is 285 g/mol. The van der Waals surface area contributed by atoms with Crippen molar-refractivity contribution in [2.24, 2.45) is 0 Å². The van der Waals surface area contributed by atoms with E-state index in [0.717, 1.165) is 42.9 Å². The van der Waals surface area contributed by atoms with Gasteiger partial charge in [0, 0.05) is 31.8 Å². The van der Waals surface area contributed by atoms with Crippen molar-refractivity contribution in [3.05, 3.63) is 42.1 Å². The highest BCUT2D eigenvalue weighted by Crippen LogP contribution is 2.15. The molecule has 0 aliphatic rings. The fraction of sp³-hybridized carbons (Fsp3) is 0.400. The van der Waals surface area contributed by atoms with Crippen molar-refractivity contribution in [2.45, 2.75) is 26.2 Å². The third kappa shape index (κ3) is 2.95. The molecule has 0 saturated heterocycles. The Morgan fingerprint density at radius 2 is 2.10 bits per heavy atom. The molecule has 0 saturated carbocycles. The Morgan fingerprint density at radius 1 is 1.19 bits per heavy atom. The lowest BCUT2D eigenvalue weighted by molar-refractivity contribution is 0.193. The fourth-order valence-corrected chi connectivity index (χ4v) is 2.31. The third-order valence-corrected chi connectivity index (χ3v) is 3.44. The van der Waals surface area contributed by atoms with Crippen LogP contribution in [0.15, 0.2) is 30.9 Å². The van der Waals surface area contributed by atoms with Gasteiger partial charge in [-0.2, -0.15) is 10.2 Å². The van der Waals surface area contributed by atoms with E-state index in [-0.39, 0.29) is 0 Å². The lowest BCUT2D eigenvalue weighted by atomic mass is 10.1. The fourth-order valence-electron chi connectivity index (χ4n) is 2.31. The van der Waals surface area contributed by atoms with Crippen molar-refractivity contribution >= 4 is 5.65 Å². The van der Waals surface area contributed by atoms with Crippen molar-refractivity contribution in [1.29, 1.82) is 0 Å². The van der Waals surface area contributed by atoms with Crippen molar-refractivity contribution in [2.75, 3.05) is 13.7 Å². The number of fused-ring (bicyclic) bond motifs is 1. The Kier molecular flexibility index (Phi) is 3.96. The number of nitrogens with zero attached hydrogens (tertiary/aromatic N) is 5. The molecule has 0 spiro atoms. The highest BCUT2D eigenvalue weighted by Gasteiger charge is 2.09. The van der Waals surface area contributed by atoms with Crippen molar-refractivity contribution in [1.82, 2.24) is 24.4 Å². The van der Waals surface area contributed by atoms with Crippen LogP contribution >= 0.6 is 0 Å². The highest BCUT2D eigenvalue weighted by atomic mass is 16.5. The minimum Gasteiger partial charge on any atom is -0.385 e. The highest BCUT2D eigenvalue weighted by molar-refractivity contribution is 5.57. The molecule has 110 valence electrons. The van der Waals surface area contributed by atoms with E-state index in [1.165, 1.54) is 5.56 Å². The first kappa shape index (κ1) is 13.8. The number of aromatic nitrogens is 5. The maximum Gasteiger partial charge on any atom is 0.181 e. The van der Waals surface area contributed by atoms with E-state index in [9.17, 15) is 0 Å². The zero-order valence-electron chi connectivity index (χ0n) is 12.4. The van der Waals surface area contributed by atoms with Gasteiger partial charge in [0.25, 0.3) is 0 Å². The largest absolute Gasteiger partial charge is 0.385 e. The first-order chi connectivity index (χ1) is 10.3. The van der Waals surface area contributed by atoms with Crippen molar-refractivity contribution < 1.29 is 4.74 Å². The molecule has 0 fully saturated rings. The molecule has 0 aliphatic heterocycles. The lowest BCUT2D eigenvalue weighted by Crippen LogP contribution is -1.97. The van der Waals surface area contributed by atoms with E-state index in [1.807, 2.05) is 36.3 Å². The van der Waals surface area contributed by atoms with Gasteiger partial charge in [-0.3, -0.25) is 0 Å². The number of unbranched alkanes of at least 4 members (excludes halogenated alkanes) is 1. The van der Waals surface area contributed by atoms with E-state index >= 15 is 0 Å². The van der Waals surface area contributed by atoms with Crippen LogP contribution < -0.4 is 0 Å². The molecule has 0 aliphatic carbocycles. The minimum atomic E-state index is 0.811. The maximum atomic E-state index is 5.06. The minimum absolute atomic E-state index is 0.811. The molecule has 6 nitrogen and oxygen atoms in total. The van der Waals surface area contributed by atoms with Crippen molar-refractivity contribution in [3.63, 3.8) is 0 Å². The predicted molar refractivity (Wildman–Crippen MR) is 79.7 cm³/mol. The van der Waals surface area contributed by atoms with E-state index < -0.39 is 0 Å². The van der Waals surface area contributed by atoms with Crippen LogP contribution in [0.25, 0.3) is 11.3 Å². The molecule has 3 heterocycles. The summed E-state index contributed by atoms with van der Waals surface area (Å²) in [5.74, 6) is 0. The van der Waals surface area contributed by atoms with Gasteiger partial charge >= 0.3 is 0 Å². The second kappa shape index (κ2) is 6.05. The summed E-state index contributed by atoms with van der Waals surface area (Å²) in [6.07, 6.45) is 10.8. The molecule has 3 aromatic heterocycles. The molecule has 3 rings (SSSR count). The predicted octanol–water partition coefficient (Wildman–Crippen LogP) is 2.19. The maximum absolute atomic E-state index is 5.06. The number of ether oxygens (including phenoxy) is 1. The summed E-state index contributed by atoms with van der Waals surface area (Å²) in [4.78, 5) is 4.53. The van der Waals surface area contributed by atoms with E-state index in [0.29, 0.717) is 0 Å². The van der Waals surface area contributed by atoms with Gasteiger partial charge in [0.15, 0.2) is 5.65 Å². The summed E-state index contributed by atoms with van der Waals surface area (Å²) in [5.41, 5.74) is 3.92. The Morgan fingerprint density at radius 3 is 2.95 bits per heavy atom. The second-order valence-corrected chi connectivity index (χ2v) is 5.11. The van der Waals surface area contributed by atoms with Gasteiger partial charge in [0.05, 0.1) is 12.4 Å². The number of methoxy groups -OCH3 is 1. The average Bonchev–Trinajstić information content (AvgIpc) is 3.09. The van der Waals surface area contributed by atoms with Gasteiger partial charge in [-0.25, -0.2) is 14.2 Å². The Labute approximate surface area is 123 Å². The van der Waals surface area contributed by atoms with Crippen LogP contribution in [0.2, 0.25) is 0 Å². The zero-order chi connectivity index (χ0) is 14.7. The van der Waals surface area contributed by atoms with Crippen LogP contribution in [0.1, 0.15) is 24.1 Å². The third-order valence-electron chi connectivity index (χ3n) is 3.44. The van der Waals surface area contributed by atoms with Crippen LogP contribution in [0, 0.1) is 6.92 Å². The Hall–Kier alpha value is -2.21. The van der Waals surface area contributed by atoms with E-state index in [1.54, 1.807) is 17.8 Å².